The Balaban J connectivity index is 1.70. The molecule has 134 valence electrons. The lowest BCUT2D eigenvalue weighted by Gasteiger charge is -2.42. The van der Waals surface area contributed by atoms with E-state index in [1.54, 1.807) is 19.6 Å². The van der Waals surface area contributed by atoms with Crippen LogP contribution in [-0.4, -0.2) is 56.0 Å². The molecular weight excluding hydrogens is 328 g/mol. The Morgan fingerprint density at radius 3 is 2.73 bits per heavy atom. The standard InChI is InChI=1S/C19H22N6O/c1-14(26)24-8-9-25(16(11-24)10-15-6-4-3-5-7-15)19-17-18(20-12-21-19)23(2)13-22-17/h3-7,12-13,16H,8-11H2,1-2H3. The zero-order valence-corrected chi connectivity index (χ0v) is 15.0. The molecule has 0 radical (unpaired) electrons. The van der Waals surface area contributed by atoms with Gasteiger partial charge in [-0.1, -0.05) is 30.3 Å². The molecule has 1 saturated heterocycles. The maximum Gasteiger partial charge on any atom is 0.219 e. The van der Waals surface area contributed by atoms with E-state index >= 15 is 0 Å². The van der Waals surface area contributed by atoms with Crippen molar-refractivity contribution >= 4 is 22.9 Å². The van der Waals surface area contributed by atoms with Crippen LogP contribution in [0.1, 0.15) is 12.5 Å². The van der Waals surface area contributed by atoms with Gasteiger partial charge in [-0.15, -0.1) is 0 Å². The summed E-state index contributed by atoms with van der Waals surface area (Å²) in [5.74, 6) is 0.966. The van der Waals surface area contributed by atoms with Gasteiger partial charge in [0.2, 0.25) is 5.91 Å². The third-order valence-corrected chi connectivity index (χ3v) is 4.99. The second kappa shape index (κ2) is 6.74. The lowest BCUT2D eigenvalue weighted by molar-refractivity contribution is -0.129. The normalized spacial score (nSPS) is 17.7. The van der Waals surface area contributed by atoms with Crippen LogP contribution in [0.25, 0.3) is 11.2 Å². The first-order valence-electron chi connectivity index (χ1n) is 8.81. The number of carbonyl (C=O) groups is 1. The zero-order chi connectivity index (χ0) is 18.1. The Labute approximate surface area is 152 Å². The number of nitrogens with zero attached hydrogens (tertiary/aromatic N) is 6. The average molecular weight is 350 g/mol. The van der Waals surface area contributed by atoms with Gasteiger partial charge in [-0.25, -0.2) is 15.0 Å². The predicted octanol–water partition coefficient (Wildman–Crippen LogP) is 1.64. The molecule has 0 bridgehead atoms. The fourth-order valence-corrected chi connectivity index (χ4v) is 3.62. The zero-order valence-electron chi connectivity index (χ0n) is 15.0. The molecule has 26 heavy (non-hydrogen) atoms. The molecule has 1 aromatic carbocycles. The van der Waals surface area contributed by atoms with Crippen molar-refractivity contribution in [3.8, 4) is 0 Å². The number of fused-ring (bicyclic) bond motifs is 1. The smallest absolute Gasteiger partial charge is 0.219 e. The number of amides is 1. The van der Waals surface area contributed by atoms with Crippen molar-refractivity contribution in [2.24, 2.45) is 7.05 Å². The summed E-state index contributed by atoms with van der Waals surface area (Å²) in [6, 6.07) is 10.5. The molecule has 2 aromatic heterocycles. The summed E-state index contributed by atoms with van der Waals surface area (Å²) in [5, 5.41) is 0. The minimum Gasteiger partial charge on any atom is -0.348 e. The summed E-state index contributed by atoms with van der Waals surface area (Å²) >= 11 is 0. The number of piperazine rings is 1. The van der Waals surface area contributed by atoms with E-state index in [0.29, 0.717) is 13.1 Å². The summed E-state index contributed by atoms with van der Waals surface area (Å²) in [7, 11) is 1.93. The maximum atomic E-state index is 11.9. The second-order valence-corrected chi connectivity index (χ2v) is 6.73. The maximum absolute atomic E-state index is 11.9. The van der Waals surface area contributed by atoms with Gasteiger partial charge in [-0.05, 0) is 12.0 Å². The van der Waals surface area contributed by atoms with Gasteiger partial charge in [0, 0.05) is 33.6 Å². The Bertz CT molecular complexity index is 922. The van der Waals surface area contributed by atoms with Gasteiger partial charge >= 0.3 is 0 Å². The first-order chi connectivity index (χ1) is 12.6. The second-order valence-electron chi connectivity index (χ2n) is 6.73. The van der Waals surface area contributed by atoms with Gasteiger partial charge in [0.15, 0.2) is 17.0 Å². The van der Waals surface area contributed by atoms with Crippen molar-refractivity contribution in [2.45, 2.75) is 19.4 Å². The van der Waals surface area contributed by atoms with Crippen LogP contribution < -0.4 is 4.90 Å². The molecule has 1 aliphatic rings. The molecule has 0 saturated carbocycles. The number of aryl methyl sites for hydroxylation is 1. The van der Waals surface area contributed by atoms with Crippen LogP contribution in [0.2, 0.25) is 0 Å². The fraction of sp³-hybridized carbons (Fsp3) is 0.368. The Morgan fingerprint density at radius 1 is 1.15 bits per heavy atom. The van der Waals surface area contributed by atoms with Crippen LogP contribution in [0, 0.1) is 0 Å². The molecule has 4 rings (SSSR count). The largest absolute Gasteiger partial charge is 0.348 e. The number of aromatic nitrogens is 4. The van der Waals surface area contributed by atoms with Crippen LogP contribution >= 0.6 is 0 Å². The first-order valence-corrected chi connectivity index (χ1v) is 8.81. The van der Waals surface area contributed by atoms with Gasteiger partial charge in [0.05, 0.1) is 12.4 Å². The number of hydrogen-bond donors (Lipinski definition) is 0. The van der Waals surface area contributed by atoms with Crippen LogP contribution in [0.4, 0.5) is 5.82 Å². The van der Waals surface area contributed by atoms with E-state index in [1.807, 2.05) is 34.7 Å². The highest BCUT2D eigenvalue weighted by atomic mass is 16.2. The van der Waals surface area contributed by atoms with Crippen LogP contribution in [0.15, 0.2) is 43.0 Å². The number of carbonyl (C=O) groups excluding carboxylic acids is 1. The molecule has 1 aliphatic heterocycles. The predicted molar refractivity (Wildman–Crippen MR) is 99.8 cm³/mol. The van der Waals surface area contributed by atoms with E-state index < -0.39 is 0 Å². The van der Waals surface area contributed by atoms with E-state index in [4.69, 9.17) is 0 Å². The number of benzene rings is 1. The third kappa shape index (κ3) is 3.00. The van der Waals surface area contributed by atoms with E-state index in [9.17, 15) is 4.79 Å². The number of imidazole rings is 1. The van der Waals surface area contributed by atoms with E-state index in [2.05, 4.69) is 32.0 Å². The monoisotopic (exact) mass is 350 g/mol. The third-order valence-electron chi connectivity index (χ3n) is 4.99. The minimum atomic E-state index is 0.119. The molecule has 0 N–H and O–H groups in total. The van der Waals surface area contributed by atoms with E-state index in [0.717, 1.165) is 29.9 Å². The summed E-state index contributed by atoms with van der Waals surface area (Å²) in [4.78, 5) is 29.5. The molecule has 7 heteroatoms. The van der Waals surface area contributed by atoms with Crippen molar-refractivity contribution in [3.63, 3.8) is 0 Å². The molecule has 0 spiro atoms. The summed E-state index contributed by atoms with van der Waals surface area (Å²) in [5.41, 5.74) is 2.88. The van der Waals surface area contributed by atoms with E-state index in [-0.39, 0.29) is 11.9 Å². The Kier molecular flexibility index (Phi) is 4.28. The molecule has 1 amide bonds. The van der Waals surface area contributed by atoms with Crippen LogP contribution in [-0.2, 0) is 18.3 Å². The Morgan fingerprint density at radius 2 is 1.96 bits per heavy atom. The number of anilines is 1. The fourth-order valence-electron chi connectivity index (χ4n) is 3.62. The van der Waals surface area contributed by atoms with Gasteiger partial charge in [0.25, 0.3) is 0 Å². The van der Waals surface area contributed by atoms with Crippen LogP contribution in [0.3, 0.4) is 0 Å². The molecule has 1 unspecified atom stereocenters. The lowest BCUT2D eigenvalue weighted by atomic mass is 10.0. The molecule has 3 aromatic rings. The highest BCUT2D eigenvalue weighted by Crippen LogP contribution is 2.26. The number of rotatable bonds is 3. The quantitative estimate of drug-likeness (QED) is 0.718. The molecule has 1 fully saturated rings. The van der Waals surface area contributed by atoms with Gasteiger partial charge in [-0.2, -0.15) is 0 Å². The summed E-state index contributed by atoms with van der Waals surface area (Å²) in [6.45, 7) is 3.75. The molecule has 7 nitrogen and oxygen atoms in total. The van der Waals surface area contributed by atoms with Crippen LogP contribution in [0.5, 0.6) is 0 Å². The topological polar surface area (TPSA) is 67.2 Å². The van der Waals surface area contributed by atoms with Crippen molar-refractivity contribution in [2.75, 3.05) is 24.5 Å². The van der Waals surface area contributed by atoms with Gasteiger partial charge < -0.3 is 14.4 Å². The van der Waals surface area contributed by atoms with Crippen molar-refractivity contribution < 1.29 is 4.79 Å². The summed E-state index contributed by atoms with van der Waals surface area (Å²) in [6.07, 6.45) is 4.21. The summed E-state index contributed by atoms with van der Waals surface area (Å²) < 4.78 is 1.90. The van der Waals surface area contributed by atoms with Crippen molar-refractivity contribution in [1.29, 1.82) is 0 Å². The molecule has 3 heterocycles. The Hall–Kier alpha value is -2.96. The van der Waals surface area contributed by atoms with Gasteiger partial charge in [-0.3, -0.25) is 4.79 Å². The minimum absolute atomic E-state index is 0.119. The lowest BCUT2D eigenvalue weighted by Crippen LogP contribution is -2.55. The average Bonchev–Trinajstić information content (AvgIpc) is 3.04. The van der Waals surface area contributed by atoms with Crippen molar-refractivity contribution in [3.05, 3.63) is 48.5 Å². The number of hydrogen-bond acceptors (Lipinski definition) is 5. The first kappa shape index (κ1) is 16.5. The molecule has 0 aliphatic carbocycles. The highest BCUT2D eigenvalue weighted by molar-refractivity contribution is 5.83. The highest BCUT2D eigenvalue weighted by Gasteiger charge is 2.31. The van der Waals surface area contributed by atoms with E-state index in [1.165, 1.54) is 5.56 Å². The molecule has 1 atom stereocenters. The van der Waals surface area contributed by atoms with Crippen molar-refractivity contribution in [1.82, 2.24) is 24.4 Å². The SMILES string of the molecule is CC(=O)N1CCN(c2ncnc3c2ncn3C)C(Cc2ccccc2)C1. The van der Waals surface area contributed by atoms with Gasteiger partial charge in [0.1, 0.15) is 6.33 Å². The molecular formula is C19H22N6O.